The van der Waals surface area contributed by atoms with E-state index in [1.54, 1.807) is 0 Å². The molecule has 0 atom stereocenters. The minimum Gasteiger partial charge on any atom is -0.348 e. The molecule has 1 aromatic rings. The molecule has 0 saturated heterocycles. The maximum absolute atomic E-state index is 11.8. The third-order valence-corrected chi connectivity index (χ3v) is 4.90. The van der Waals surface area contributed by atoms with Gasteiger partial charge in [0.05, 0.1) is 0 Å². The van der Waals surface area contributed by atoms with Crippen LogP contribution in [0.1, 0.15) is 48.0 Å². The molecule has 0 radical (unpaired) electrons. The predicted octanol–water partition coefficient (Wildman–Crippen LogP) is 1.31. The SMILES string of the molecule is CSC1(CNC(=O)c2n[nH]c(C3CC3)n2)CC1. The van der Waals surface area contributed by atoms with Crippen LogP contribution in [0.5, 0.6) is 0 Å². The topological polar surface area (TPSA) is 70.7 Å². The Morgan fingerprint density at radius 3 is 2.94 bits per heavy atom. The van der Waals surface area contributed by atoms with Crippen LogP contribution >= 0.6 is 11.8 Å². The maximum Gasteiger partial charge on any atom is 0.291 e. The maximum atomic E-state index is 11.8. The van der Waals surface area contributed by atoms with Crippen molar-refractivity contribution in [1.82, 2.24) is 20.5 Å². The molecule has 0 aliphatic heterocycles. The van der Waals surface area contributed by atoms with Crippen LogP contribution in [0.2, 0.25) is 0 Å². The molecule has 0 spiro atoms. The third kappa shape index (κ3) is 2.31. The number of aromatic amines is 1. The van der Waals surface area contributed by atoms with Gasteiger partial charge in [0.15, 0.2) is 0 Å². The molecular formula is C11H16N4OS. The molecule has 1 aromatic heterocycles. The molecule has 2 aliphatic carbocycles. The van der Waals surface area contributed by atoms with Gasteiger partial charge in [0.25, 0.3) is 5.91 Å². The molecule has 3 rings (SSSR count). The fraction of sp³-hybridized carbons (Fsp3) is 0.727. The Morgan fingerprint density at radius 2 is 2.35 bits per heavy atom. The van der Waals surface area contributed by atoms with Crippen molar-refractivity contribution in [2.24, 2.45) is 0 Å². The van der Waals surface area contributed by atoms with Crippen molar-refractivity contribution < 1.29 is 4.79 Å². The first-order chi connectivity index (χ1) is 8.22. The van der Waals surface area contributed by atoms with E-state index >= 15 is 0 Å². The van der Waals surface area contributed by atoms with Crippen LogP contribution in [0.4, 0.5) is 0 Å². The van der Waals surface area contributed by atoms with Crippen LogP contribution in [0.15, 0.2) is 0 Å². The van der Waals surface area contributed by atoms with E-state index in [0.717, 1.165) is 25.2 Å². The fourth-order valence-corrected chi connectivity index (χ4v) is 2.55. The van der Waals surface area contributed by atoms with Crippen molar-refractivity contribution in [3.63, 3.8) is 0 Å². The molecular weight excluding hydrogens is 236 g/mol. The fourth-order valence-electron chi connectivity index (χ4n) is 1.83. The molecule has 92 valence electrons. The zero-order valence-corrected chi connectivity index (χ0v) is 10.6. The van der Waals surface area contributed by atoms with E-state index < -0.39 is 0 Å². The Balaban J connectivity index is 1.57. The van der Waals surface area contributed by atoms with Crippen molar-refractivity contribution in [3.05, 3.63) is 11.6 Å². The Bertz CT molecular complexity index is 436. The van der Waals surface area contributed by atoms with Crippen molar-refractivity contribution >= 4 is 17.7 Å². The number of aromatic nitrogens is 3. The summed E-state index contributed by atoms with van der Waals surface area (Å²) >= 11 is 1.83. The van der Waals surface area contributed by atoms with E-state index in [4.69, 9.17) is 0 Å². The molecule has 2 saturated carbocycles. The predicted molar refractivity (Wildman–Crippen MR) is 66.2 cm³/mol. The number of H-pyrrole nitrogens is 1. The number of rotatable bonds is 5. The Morgan fingerprint density at radius 1 is 1.59 bits per heavy atom. The summed E-state index contributed by atoms with van der Waals surface area (Å²) in [4.78, 5) is 16.1. The van der Waals surface area contributed by atoms with Gasteiger partial charge in [-0.05, 0) is 31.9 Å². The summed E-state index contributed by atoms with van der Waals surface area (Å²) < 4.78 is 0.283. The smallest absolute Gasteiger partial charge is 0.291 e. The van der Waals surface area contributed by atoms with Crippen molar-refractivity contribution in [3.8, 4) is 0 Å². The van der Waals surface area contributed by atoms with E-state index in [1.807, 2.05) is 11.8 Å². The highest BCUT2D eigenvalue weighted by atomic mass is 32.2. The molecule has 0 bridgehead atoms. The minimum atomic E-state index is -0.159. The van der Waals surface area contributed by atoms with Gasteiger partial charge in [-0.3, -0.25) is 9.89 Å². The standard InChI is InChI=1S/C11H16N4OS/c1-17-11(4-5-11)6-12-10(16)9-13-8(14-15-9)7-2-3-7/h7H,2-6H2,1H3,(H,12,16)(H,13,14,15). The van der Waals surface area contributed by atoms with E-state index in [2.05, 4.69) is 26.8 Å². The van der Waals surface area contributed by atoms with Gasteiger partial charge in [-0.15, -0.1) is 5.10 Å². The lowest BCUT2D eigenvalue weighted by Gasteiger charge is -2.11. The quantitative estimate of drug-likeness (QED) is 0.829. The number of nitrogens with zero attached hydrogens (tertiary/aromatic N) is 2. The van der Waals surface area contributed by atoms with Crippen LogP contribution in [0, 0.1) is 0 Å². The third-order valence-electron chi connectivity index (χ3n) is 3.48. The monoisotopic (exact) mass is 252 g/mol. The van der Waals surface area contributed by atoms with E-state index in [9.17, 15) is 4.79 Å². The largest absolute Gasteiger partial charge is 0.348 e. The second-order valence-electron chi connectivity index (χ2n) is 4.89. The average Bonchev–Trinajstić information content (AvgIpc) is 3.27. The summed E-state index contributed by atoms with van der Waals surface area (Å²) in [6.07, 6.45) is 6.79. The minimum absolute atomic E-state index is 0.159. The van der Waals surface area contributed by atoms with Gasteiger partial charge >= 0.3 is 0 Å². The second kappa shape index (κ2) is 4.01. The van der Waals surface area contributed by atoms with Gasteiger partial charge in [-0.2, -0.15) is 11.8 Å². The van der Waals surface area contributed by atoms with Gasteiger partial charge in [-0.1, -0.05) is 0 Å². The van der Waals surface area contributed by atoms with Gasteiger partial charge in [0.2, 0.25) is 5.82 Å². The summed E-state index contributed by atoms with van der Waals surface area (Å²) in [5, 5.41) is 9.74. The lowest BCUT2D eigenvalue weighted by molar-refractivity contribution is 0.0943. The van der Waals surface area contributed by atoms with Gasteiger partial charge < -0.3 is 5.32 Å². The zero-order valence-electron chi connectivity index (χ0n) is 9.82. The number of carbonyl (C=O) groups excluding carboxylic acids is 1. The lowest BCUT2D eigenvalue weighted by atomic mass is 10.4. The molecule has 5 nitrogen and oxygen atoms in total. The zero-order chi connectivity index (χ0) is 11.9. The Labute approximate surface area is 104 Å². The second-order valence-corrected chi connectivity index (χ2v) is 6.16. The molecule has 2 fully saturated rings. The van der Waals surface area contributed by atoms with Crippen LogP contribution in [0.25, 0.3) is 0 Å². The Hall–Kier alpha value is -1.04. The van der Waals surface area contributed by atoms with Gasteiger partial charge in [0, 0.05) is 17.2 Å². The molecule has 2 N–H and O–H groups in total. The summed E-state index contributed by atoms with van der Waals surface area (Å²) in [5.41, 5.74) is 0. The summed E-state index contributed by atoms with van der Waals surface area (Å²) in [6.45, 7) is 0.723. The highest BCUT2D eigenvalue weighted by Crippen LogP contribution is 2.46. The van der Waals surface area contributed by atoms with Crippen molar-refractivity contribution in [1.29, 1.82) is 0 Å². The summed E-state index contributed by atoms with van der Waals surface area (Å²) in [6, 6.07) is 0. The number of hydrogen-bond donors (Lipinski definition) is 2. The first-order valence-electron chi connectivity index (χ1n) is 5.98. The van der Waals surface area contributed by atoms with Crippen LogP contribution in [0.3, 0.4) is 0 Å². The van der Waals surface area contributed by atoms with Crippen LogP contribution in [-0.4, -0.2) is 38.6 Å². The number of amides is 1. The first kappa shape index (κ1) is 11.1. The van der Waals surface area contributed by atoms with Crippen molar-refractivity contribution in [2.75, 3.05) is 12.8 Å². The summed E-state index contributed by atoms with van der Waals surface area (Å²) in [7, 11) is 0. The average molecular weight is 252 g/mol. The van der Waals surface area contributed by atoms with Gasteiger partial charge in [-0.25, -0.2) is 4.98 Å². The molecule has 0 unspecified atom stereocenters. The van der Waals surface area contributed by atoms with Crippen molar-refractivity contribution in [2.45, 2.75) is 36.3 Å². The molecule has 1 amide bonds. The van der Waals surface area contributed by atoms with Crippen LogP contribution < -0.4 is 5.32 Å². The highest BCUT2D eigenvalue weighted by molar-refractivity contribution is 8.00. The highest BCUT2D eigenvalue weighted by Gasteiger charge is 2.42. The number of carbonyl (C=O) groups is 1. The number of thioether (sulfide) groups is 1. The Kier molecular flexibility index (Phi) is 2.61. The number of nitrogens with one attached hydrogen (secondary N) is 2. The number of hydrogen-bond acceptors (Lipinski definition) is 4. The molecule has 6 heteroatoms. The molecule has 1 heterocycles. The van der Waals surface area contributed by atoms with Gasteiger partial charge in [0.1, 0.15) is 5.82 Å². The van der Waals surface area contributed by atoms with E-state index in [1.165, 1.54) is 12.8 Å². The summed E-state index contributed by atoms with van der Waals surface area (Å²) in [5.74, 6) is 1.49. The molecule has 2 aliphatic rings. The first-order valence-corrected chi connectivity index (χ1v) is 7.21. The van der Waals surface area contributed by atoms with E-state index in [0.29, 0.717) is 5.92 Å². The van der Waals surface area contributed by atoms with E-state index in [-0.39, 0.29) is 16.5 Å². The normalized spacial score (nSPS) is 21.2. The molecule has 17 heavy (non-hydrogen) atoms. The van der Waals surface area contributed by atoms with Crippen LogP contribution in [-0.2, 0) is 0 Å². The lowest BCUT2D eigenvalue weighted by Crippen LogP contribution is -2.32. The molecule has 0 aromatic carbocycles.